The molecule has 1 aromatic carbocycles. The molecule has 27 heavy (non-hydrogen) atoms. The lowest BCUT2D eigenvalue weighted by Crippen LogP contribution is -2.13. The Kier molecular flexibility index (Phi) is 7.06. The van der Waals surface area contributed by atoms with E-state index in [4.69, 9.17) is 18.9 Å². The van der Waals surface area contributed by atoms with Gasteiger partial charge in [0.15, 0.2) is 11.5 Å². The zero-order chi connectivity index (χ0) is 20.0. The number of carbonyl (C=O) groups is 2. The smallest absolute Gasteiger partial charge is 0.348 e. The molecule has 0 unspecified atom stereocenters. The molecule has 1 aromatic heterocycles. The molecule has 7 nitrogen and oxygen atoms in total. The number of benzene rings is 1. The van der Waals surface area contributed by atoms with E-state index in [-0.39, 0.29) is 18.3 Å². The molecule has 0 spiro atoms. The molecule has 0 fully saturated rings. The molecular weight excluding hydrogens is 370 g/mol. The van der Waals surface area contributed by atoms with E-state index in [2.05, 4.69) is 5.32 Å². The number of amides is 1. The molecule has 0 aliphatic heterocycles. The van der Waals surface area contributed by atoms with Gasteiger partial charge in [-0.2, -0.15) is 0 Å². The zero-order valence-electron chi connectivity index (χ0n) is 16.0. The SMILES string of the molecule is CCOC(=O)c1sc(NC(=O)Cc2cc(OC)c(OC)c(OC)c2)cc1C. The Labute approximate surface area is 162 Å². The van der Waals surface area contributed by atoms with E-state index in [0.29, 0.717) is 39.3 Å². The van der Waals surface area contributed by atoms with E-state index in [1.54, 1.807) is 32.0 Å². The van der Waals surface area contributed by atoms with Crippen molar-refractivity contribution in [2.45, 2.75) is 20.3 Å². The highest BCUT2D eigenvalue weighted by molar-refractivity contribution is 7.18. The van der Waals surface area contributed by atoms with Gasteiger partial charge in [0.1, 0.15) is 4.88 Å². The molecule has 0 atom stereocenters. The number of hydrogen-bond acceptors (Lipinski definition) is 7. The maximum absolute atomic E-state index is 12.4. The van der Waals surface area contributed by atoms with Gasteiger partial charge in [0.05, 0.1) is 39.4 Å². The molecule has 146 valence electrons. The molecule has 1 amide bonds. The Hall–Kier alpha value is -2.74. The first-order chi connectivity index (χ1) is 12.9. The van der Waals surface area contributed by atoms with Gasteiger partial charge in [-0.25, -0.2) is 4.79 Å². The van der Waals surface area contributed by atoms with E-state index in [1.807, 2.05) is 0 Å². The van der Waals surface area contributed by atoms with Crippen molar-refractivity contribution in [1.82, 2.24) is 0 Å². The van der Waals surface area contributed by atoms with E-state index in [9.17, 15) is 9.59 Å². The summed E-state index contributed by atoms with van der Waals surface area (Å²) in [6.45, 7) is 3.86. The molecule has 0 saturated carbocycles. The number of methoxy groups -OCH3 is 3. The van der Waals surface area contributed by atoms with Crippen molar-refractivity contribution >= 4 is 28.2 Å². The van der Waals surface area contributed by atoms with Gasteiger partial charge in [-0.15, -0.1) is 11.3 Å². The van der Waals surface area contributed by atoms with Crippen molar-refractivity contribution in [2.24, 2.45) is 0 Å². The number of esters is 1. The Bertz CT molecular complexity index is 805. The van der Waals surface area contributed by atoms with E-state index >= 15 is 0 Å². The number of hydrogen-bond donors (Lipinski definition) is 1. The summed E-state index contributed by atoms with van der Waals surface area (Å²) in [7, 11) is 4.56. The number of carbonyl (C=O) groups excluding carboxylic acids is 2. The summed E-state index contributed by atoms with van der Waals surface area (Å²) in [5.41, 5.74) is 1.47. The predicted octanol–water partition coefficient (Wildman–Crippen LogP) is 3.44. The van der Waals surface area contributed by atoms with Crippen LogP contribution in [0, 0.1) is 6.92 Å². The summed E-state index contributed by atoms with van der Waals surface area (Å²) in [6, 6.07) is 5.21. The molecule has 0 saturated heterocycles. The molecule has 0 radical (unpaired) electrons. The second kappa shape index (κ2) is 9.27. The number of ether oxygens (including phenoxy) is 4. The highest BCUT2D eigenvalue weighted by Gasteiger charge is 2.18. The first-order valence-electron chi connectivity index (χ1n) is 8.29. The van der Waals surface area contributed by atoms with Crippen LogP contribution in [-0.4, -0.2) is 39.8 Å². The van der Waals surface area contributed by atoms with Crippen molar-refractivity contribution in [3.8, 4) is 17.2 Å². The Morgan fingerprint density at radius 3 is 2.19 bits per heavy atom. The second-order valence-electron chi connectivity index (χ2n) is 5.60. The number of thiophene rings is 1. The molecule has 0 aliphatic carbocycles. The fraction of sp³-hybridized carbons (Fsp3) is 0.368. The number of anilines is 1. The minimum Gasteiger partial charge on any atom is -0.493 e. The van der Waals surface area contributed by atoms with E-state index in [1.165, 1.54) is 32.7 Å². The lowest BCUT2D eigenvalue weighted by atomic mass is 10.1. The average molecular weight is 393 g/mol. The summed E-state index contributed by atoms with van der Waals surface area (Å²) in [6.07, 6.45) is 0.113. The number of rotatable bonds is 8. The van der Waals surface area contributed by atoms with Crippen molar-refractivity contribution in [2.75, 3.05) is 33.3 Å². The van der Waals surface area contributed by atoms with Gasteiger partial charge in [0, 0.05) is 0 Å². The number of aryl methyl sites for hydroxylation is 1. The summed E-state index contributed by atoms with van der Waals surface area (Å²) in [5, 5.41) is 3.40. The van der Waals surface area contributed by atoms with Gasteiger partial charge in [0.25, 0.3) is 0 Å². The third kappa shape index (κ3) is 4.91. The summed E-state index contributed by atoms with van der Waals surface area (Å²) >= 11 is 1.19. The van der Waals surface area contributed by atoms with Crippen molar-refractivity contribution in [3.05, 3.63) is 34.2 Å². The highest BCUT2D eigenvalue weighted by Crippen LogP contribution is 2.38. The van der Waals surface area contributed by atoms with Gasteiger partial charge < -0.3 is 24.3 Å². The maximum Gasteiger partial charge on any atom is 0.348 e. The van der Waals surface area contributed by atoms with Crippen molar-refractivity contribution in [3.63, 3.8) is 0 Å². The van der Waals surface area contributed by atoms with Gasteiger partial charge in [0.2, 0.25) is 11.7 Å². The Morgan fingerprint density at radius 2 is 1.67 bits per heavy atom. The first-order valence-corrected chi connectivity index (χ1v) is 9.11. The standard InChI is InChI=1S/C19H23NO6S/c1-6-26-19(22)18-11(2)7-16(27-18)20-15(21)10-12-8-13(23-3)17(25-5)14(9-12)24-4/h7-9H,6,10H2,1-5H3,(H,20,21). The molecule has 0 bridgehead atoms. The van der Waals surface area contributed by atoms with Crippen LogP contribution < -0.4 is 19.5 Å². The van der Waals surface area contributed by atoms with Crippen LogP contribution >= 0.6 is 11.3 Å². The number of nitrogens with one attached hydrogen (secondary N) is 1. The summed E-state index contributed by atoms with van der Waals surface area (Å²) < 4.78 is 20.9. The van der Waals surface area contributed by atoms with Crippen LogP contribution in [0.25, 0.3) is 0 Å². The molecule has 8 heteroatoms. The predicted molar refractivity (Wildman–Crippen MR) is 103 cm³/mol. The quantitative estimate of drug-likeness (QED) is 0.692. The fourth-order valence-electron chi connectivity index (χ4n) is 2.55. The van der Waals surface area contributed by atoms with Crippen LogP contribution in [0.2, 0.25) is 0 Å². The van der Waals surface area contributed by atoms with Crippen molar-refractivity contribution in [1.29, 1.82) is 0 Å². The largest absolute Gasteiger partial charge is 0.493 e. The monoisotopic (exact) mass is 393 g/mol. The molecule has 2 aromatic rings. The summed E-state index contributed by atoms with van der Waals surface area (Å²) in [5.74, 6) is 0.829. The highest BCUT2D eigenvalue weighted by atomic mass is 32.1. The first kappa shape index (κ1) is 20.6. The minimum absolute atomic E-state index is 0.113. The van der Waals surface area contributed by atoms with Gasteiger partial charge in [-0.1, -0.05) is 0 Å². The third-order valence-corrected chi connectivity index (χ3v) is 4.86. The van der Waals surface area contributed by atoms with Crippen LogP contribution in [0.5, 0.6) is 17.2 Å². The van der Waals surface area contributed by atoms with Crippen LogP contribution in [0.3, 0.4) is 0 Å². The van der Waals surface area contributed by atoms with Crippen LogP contribution in [-0.2, 0) is 16.0 Å². The van der Waals surface area contributed by atoms with Crippen LogP contribution in [0.4, 0.5) is 5.00 Å². The fourth-order valence-corrected chi connectivity index (χ4v) is 3.53. The molecule has 0 aliphatic rings. The maximum atomic E-state index is 12.4. The Morgan fingerprint density at radius 1 is 1.04 bits per heavy atom. The topological polar surface area (TPSA) is 83.1 Å². The third-order valence-electron chi connectivity index (χ3n) is 3.73. The molecule has 1 heterocycles. The van der Waals surface area contributed by atoms with E-state index < -0.39 is 0 Å². The molecular formula is C19H23NO6S. The second-order valence-corrected chi connectivity index (χ2v) is 6.65. The van der Waals surface area contributed by atoms with E-state index in [0.717, 1.165) is 5.56 Å². The zero-order valence-corrected chi connectivity index (χ0v) is 16.8. The summed E-state index contributed by atoms with van der Waals surface area (Å²) in [4.78, 5) is 24.8. The normalized spacial score (nSPS) is 10.3. The molecule has 2 rings (SSSR count). The van der Waals surface area contributed by atoms with Gasteiger partial charge in [-0.05, 0) is 43.2 Å². The van der Waals surface area contributed by atoms with Gasteiger partial charge >= 0.3 is 5.97 Å². The Balaban J connectivity index is 2.14. The minimum atomic E-state index is -0.384. The average Bonchev–Trinajstić information content (AvgIpc) is 3.00. The van der Waals surface area contributed by atoms with Crippen LogP contribution in [0.15, 0.2) is 18.2 Å². The van der Waals surface area contributed by atoms with Crippen LogP contribution in [0.1, 0.15) is 27.7 Å². The molecule has 1 N–H and O–H groups in total. The van der Waals surface area contributed by atoms with Crippen molar-refractivity contribution < 1.29 is 28.5 Å². The lowest BCUT2D eigenvalue weighted by Gasteiger charge is -2.14. The van der Waals surface area contributed by atoms with Gasteiger partial charge in [-0.3, -0.25) is 4.79 Å². The lowest BCUT2D eigenvalue weighted by molar-refractivity contribution is -0.115.